The molecule has 1 fully saturated rings. The van der Waals surface area contributed by atoms with Gasteiger partial charge in [-0.25, -0.2) is 0 Å². The van der Waals surface area contributed by atoms with Crippen molar-refractivity contribution in [1.29, 1.82) is 0 Å². The molecule has 0 radical (unpaired) electrons. The second-order valence-corrected chi connectivity index (χ2v) is 5.62. The van der Waals surface area contributed by atoms with Crippen LogP contribution >= 0.6 is 0 Å². The van der Waals surface area contributed by atoms with Crippen molar-refractivity contribution in [2.45, 2.75) is 46.5 Å². The van der Waals surface area contributed by atoms with E-state index in [1.165, 1.54) is 5.56 Å². The molecule has 1 aromatic carbocycles. The predicted molar refractivity (Wildman–Crippen MR) is 92.3 cm³/mol. The number of hydrogen-bond donors (Lipinski definition) is 2. The van der Waals surface area contributed by atoms with Crippen LogP contribution in [0.1, 0.15) is 52.0 Å². The lowest BCUT2D eigenvalue weighted by molar-refractivity contribution is 0.472. The number of allylic oxidation sites excluding steroid dienone is 2. The van der Waals surface area contributed by atoms with E-state index in [1.54, 1.807) is 0 Å². The molecular weight excluding hydrogens is 274 g/mol. The van der Waals surface area contributed by atoms with Crippen molar-refractivity contribution in [3.8, 4) is 5.75 Å². The second kappa shape index (κ2) is 6.77. The molecule has 22 heavy (non-hydrogen) atoms. The minimum absolute atomic E-state index is 0.335. The van der Waals surface area contributed by atoms with Gasteiger partial charge in [-0.05, 0) is 50.3 Å². The molecule has 4 nitrogen and oxygen atoms in total. The molecule has 1 aliphatic rings. The average molecular weight is 301 g/mol. The number of nitrogens with zero attached hydrogens (tertiary/aromatic N) is 2. The van der Waals surface area contributed by atoms with Crippen molar-refractivity contribution < 1.29 is 5.11 Å². The maximum atomic E-state index is 10.4. The van der Waals surface area contributed by atoms with Gasteiger partial charge in [-0.3, -0.25) is 10.0 Å². The third-order valence-electron chi connectivity index (χ3n) is 4.37. The Balaban J connectivity index is 2.19. The molecule has 0 amide bonds. The maximum Gasteiger partial charge on any atom is 0.141 e. The maximum absolute atomic E-state index is 10.4. The lowest BCUT2D eigenvalue weighted by Crippen LogP contribution is -2.12. The van der Waals surface area contributed by atoms with Gasteiger partial charge in [0.25, 0.3) is 0 Å². The Morgan fingerprint density at radius 1 is 1.27 bits per heavy atom. The molecule has 0 aromatic heterocycles. The lowest BCUT2D eigenvalue weighted by atomic mass is 9.93. The van der Waals surface area contributed by atoms with Crippen LogP contribution in [0.25, 0.3) is 0 Å². The fourth-order valence-corrected chi connectivity index (χ4v) is 2.90. The summed E-state index contributed by atoms with van der Waals surface area (Å²) >= 11 is 0. The fourth-order valence-electron chi connectivity index (χ4n) is 2.90. The third kappa shape index (κ3) is 3.06. The molecule has 0 saturated carbocycles. The summed E-state index contributed by atoms with van der Waals surface area (Å²) in [7, 11) is 0. The largest absolute Gasteiger partial charge is 0.506 e. The molecule has 1 saturated heterocycles. The number of hydrazine groups is 1. The van der Waals surface area contributed by atoms with Crippen molar-refractivity contribution in [2.75, 3.05) is 11.7 Å². The van der Waals surface area contributed by atoms with Gasteiger partial charge < -0.3 is 10.8 Å². The Morgan fingerprint density at radius 2 is 1.95 bits per heavy atom. The molecule has 2 rings (SSSR count). The van der Waals surface area contributed by atoms with E-state index in [0.29, 0.717) is 11.7 Å². The highest BCUT2D eigenvalue weighted by Crippen LogP contribution is 2.39. The Labute approximate surface area is 133 Å². The Hall–Kier alpha value is -2.10. The molecule has 1 heterocycles. The normalized spacial score (nSPS) is 15.7. The van der Waals surface area contributed by atoms with Crippen molar-refractivity contribution in [1.82, 2.24) is 5.01 Å². The van der Waals surface area contributed by atoms with E-state index in [-0.39, 0.29) is 0 Å². The minimum atomic E-state index is 0.335. The molecular formula is C18H27N3O. The number of anilines is 1. The first-order chi connectivity index (χ1) is 10.6. The number of hydrogen-bond acceptors (Lipinski definition) is 4. The van der Waals surface area contributed by atoms with Gasteiger partial charge in [0.05, 0.1) is 11.4 Å². The number of rotatable bonds is 6. The van der Waals surface area contributed by atoms with Crippen LogP contribution in [-0.4, -0.2) is 16.8 Å². The van der Waals surface area contributed by atoms with Crippen LogP contribution in [0, 0.1) is 0 Å². The molecule has 1 aromatic rings. The first-order valence-electron chi connectivity index (χ1n) is 8.03. The van der Waals surface area contributed by atoms with Crippen LogP contribution in [-0.2, 0) is 0 Å². The van der Waals surface area contributed by atoms with Gasteiger partial charge in [0.15, 0.2) is 0 Å². The van der Waals surface area contributed by atoms with Crippen molar-refractivity contribution >= 4 is 5.69 Å². The monoisotopic (exact) mass is 301 g/mol. The lowest BCUT2D eigenvalue weighted by Gasteiger charge is -2.16. The van der Waals surface area contributed by atoms with Crippen LogP contribution in [0.15, 0.2) is 41.7 Å². The quantitative estimate of drug-likeness (QED) is 0.614. The van der Waals surface area contributed by atoms with Crippen molar-refractivity contribution in [2.24, 2.45) is 5.73 Å². The summed E-state index contributed by atoms with van der Waals surface area (Å²) in [5.74, 6) is 0.844. The summed E-state index contributed by atoms with van der Waals surface area (Å²) in [4.78, 5) is 0. The zero-order chi connectivity index (χ0) is 16.3. The average Bonchev–Trinajstić information content (AvgIpc) is 3.29. The number of phenolic OH excluding ortho intramolecular Hbond substituents is 1. The van der Waals surface area contributed by atoms with Crippen molar-refractivity contribution in [3.05, 3.63) is 47.3 Å². The summed E-state index contributed by atoms with van der Waals surface area (Å²) in [6.45, 7) is 9.01. The van der Waals surface area contributed by atoms with Gasteiger partial charge in [-0.1, -0.05) is 32.1 Å². The van der Waals surface area contributed by atoms with Gasteiger partial charge in [-0.2, -0.15) is 0 Å². The fraction of sp³-hybridized carbons (Fsp3) is 0.444. The van der Waals surface area contributed by atoms with Gasteiger partial charge in [0, 0.05) is 0 Å². The Kier molecular flexibility index (Phi) is 5.01. The van der Waals surface area contributed by atoms with Crippen LogP contribution < -0.4 is 10.7 Å². The summed E-state index contributed by atoms with van der Waals surface area (Å²) in [6, 6.07) is 6.03. The molecule has 0 bridgehead atoms. The van der Waals surface area contributed by atoms with E-state index in [2.05, 4.69) is 24.9 Å². The number of aromatic hydroxyl groups is 1. The topological polar surface area (TPSA) is 52.3 Å². The molecule has 120 valence electrons. The summed E-state index contributed by atoms with van der Waals surface area (Å²) in [5.41, 5.74) is 9.77. The Bertz CT molecular complexity index is 588. The van der Waals surface area contributed by atoms with E-state index in [0.717, 1.165) is 36.6 Å². The number of benzene rings is 1. The summed E-state index contributed by atoms with van der Waals surface area (Å²) in [6.07, 6.45) is 6.06. The first-order valence-corrected chi connectivity index (χ1v) is 8.03. The molecule has 0 unspecified atom stereocenters. The molecule has 4 heteroatoms. The van der Waals surface area contributed by atoms with Gasteiger partial charge >= 0.3 is 0 Å². The molecule has 3 N–H and O–H groups in total. The summed E-state index contributed by atoms with van der Waals surface area (Å²) < 4.78 is 0. The zero-order valence-electron chi connectivity index (χ0n) is 14.0. The van der Waals surface area contributed by atoms with E-state index in [4.69, 9.17) is 5.73 Å². The predicted octanol–water partition coefficient (Wildman–Crippen LogP) is 4.06. The third-order valence-corrected chi connectivity index (χ3v) is 4.37. The molecule has 0 spiro atoms. The second-order valence-electron chi connectivity index (χ2n) is 5.62. The van der Waals surface area contributed by atoms with E-state index < -0.39 is 0 Å². The Morgan fingerprint density at radius 3 is 2.45 bits per heavy atom. The molecule has 1 aliphatic heterocycles. The summed E-state index contributed by atoms with van der Waals surface area (Å²) in [5, 5.41) is 14.5. The molecule has 0 aliphatic carbocycles. The van der Waals surface area contributed by atoms with Crippen LogP contribution in [0.2, 0.25) is 0 Å². The standard InChI is InChI=1S/C18H27N3O/c1-5-13(6-2)14-9-10-17(18(22)11-14)21-12-20(21)16(8-4)15(19)7-3/h7-11,13,22H,5-6,12,19H2,1-4H3/b15-7+,16-8+. The van der Waals surface area contributed by atoms with Gasteiger partial charge in [0.2, 0.25) is 0 Å². The molecule has 0 atom stereocenters. The van der Waals surface area contributed by atoms with Gasteiger partial charge in [-0.15, -0.1) is 0 Å². The number of nitrogens with two attached hydrogens (primary N) is 1. The number of phenols is 1. The smallest absolute Gasteiger partial charge is 0.141 e. The first kappa shape index (κ1) is 16.3. The van der Waals surface area contributed by atoms with E-state index in [9.17, 15) is 5.11 Å². The highest BCUT2D eigenvalue weighted by atomic mass is 16.3. The van der Waals surface area contributed by atoms with E-state index in [1.807, 2.05) is 43.1 Å². The highest BCUT2D eigenvalue weighted by molar-refractivity contribution is 5.62. The highest BCUT2D eigenvalue weighted by Gasteiger charge is 2.35. The van der Waals surface area contributed by atoms with Crippen LogP contribution in [0.3, 0.4) is 0 Å². The van der Waals surface area contributed by atoms with Crippen LogP contribution in [0.5, 0.6) is 5.75 Å². The zero-order valence-corrected chi connectivity index (χ0v) is 14.0. The minimum Gasteiger partial charge on any atom is -0.506 e. The van der Waals surface area contributed by atoms with Gasteiger partial charge in [0.1, 0.15) is 18.1 Å². The van der Waals surface area contributed by atoms with Crippen molar-refractivity contribution in [3.63, 3.8) is 0 Å². The van der Waals surface area contributed by atoms with E-state index >= 15 is 0 Å². The van der Waals surface area contributed by atoms with Crippen LogP contribution in [0.4, 0.5) is 5.69 Å². The SMILES string of the molecule is C/C=C(N)\C(=C/C)N1CN1c1ccc(C(CC)CC)cc1O.